The second kappa shape index (κ2) is 8.49. The van der Waals surface area contributed by atoms with Gasteiger partial charge in [-0.2, -0.15) is 0 Å². The predicted octanol–water partition coefficient (Wildman–Crippen LogP) is 2.73. The molecule has 1 saturated heterocycles. The molecule has 2 rings (SSSR count). The van der Waals surface area contributed by atoms with Crippen LogP contribution >= 0.6 is 24.0 Å². The van der Waals surface area contributed by atoms with E-state index in [0.29, 0.717) is 6.10 Å². The van der Waals surface area contributed by atoms with Crippen LogP contribution in [0.15, 0.2) is 29.2 Å². The minimum Gasteiger partial charge on any atom is -0.376 e. The fourth-order valence-corrected chi connectivity index (χ4v) is 3.00. The highest BCUT2D eigenvalue weighted by atomic mass is 32.2. The van der Waals surface area contributed by atoms with Gasteiger partial charge >= 0.3 is 0 Å². The standard InChI is InChI=1S/C15H22N2OS2/c1-12-4-6-14(7-5-12)20-10-8-16-15(19)17-11-13-3-2-9-18-13/h4-7,13H,2-3,8-11H2,1H3,(H2,16,17,19)/t13-/m0/s1. The fourth-order valence-electron chi connectivity index (χ4n) is 2.04. The van der Waals surface area contributed by atoms with Crippen LogP contribution < -0.4 is 10.6 Å². The molecule has 1 heterocycles. The molecule has 5 heteroatoms. The van der Waals surface area contributed by atoms with Crippen LogP contribution in [-0.4, -0.2) is 36.7 Å². The van der Waals surface area contributed by atoms with Crippen LogP contribution in [0.2, 0.25) is 0 Å². The summed E-state index contributed by atoms with van der Waals surface area (Å²) >= 11 is 7.09. The van der Waals surface area contributed by atoms with E-state index in [-0.39, 0.29) is 0 Å². The van der Waals surface area contributed by atoms with E-state index in [0.717, 1.165) is 37.0 Å². The topological polar surface area (TPSA) is 33.3 Å². The van der Waals surface area contributed by atoms with Crippen molar-refractivity contribution in [3.05, 3.63) is 29.8 Å². The molecule has 1 aliphatic heterocycles. The molecule has 1 fully saturated rings. The number of rotatable bonds is 6. The molecular weight excluding hydrogens is 288 g/mol. The molecule has 3 nitrogen and oxygen atoms in total. The number of benzene rings is 1. The third kappa shape index (κ3) is 5.69. The molecule has 0 aliphatic carbocycles. The molecule has 20 heavy (non-hydrogen) atoms. The van der Waals surface area contributed by atoms with Crippen molar-refractivity contribution in [1.82, 2.24) is 10.6 Å². The average molecular weight is 310 g/mol. The van der Waals surface area contributed by atoms with Gasteiger partial charge in [0.05, 0.1) is 6.10 Å². The van der Waals surface area contributed by atoms with E-state index in [9.17, 15) is 0 Å². The van der Waals surface area contributed by atoms with Gasteiger partial charge in [0, 0.05) is 30.3 Å². The molecule has 0 unspecified atom stereocenters. The lowest BCUT2D eigenvalue weighted by Gasteiger charge is -2.13. The van der Waals surface area contributed by atoms with Gasteiger partial charge in [-0.05, 0) is 44.1 Å². The second-order valence-electron chi connectivity index (χ2n) is 4.93. The average Bonchev–Trinajstić information content (AvgIpc) is 2.96. The first-order valence-corrected chi connectivity index (χ1v) is 8.46. The molecule has 1 atom stereocenters. The number of hydrogen-bond acceptors (Lipinski definition) is 3. The van der Waals surface area contributed by atoms with Gasteiger partial charge in [-0.25, -0.2) is 0 Å². The van der Waals surface area contributed by atoms with Gasteiger partial charge in [-0.15, -0.1) is 11.8 Å². The number of ether oxygens (including phenoxy) is 1. The van der Waals surface area contributed by atoms with E-state index in [1.807, 2.05) is 11.8 Å². The first-order valence-electron chi connectivity index (χ1n) is 7.07. The van der Waals surface area contributed by atoms with Crippen molar-refractivity contribution in [3.8, 4) is 0 Å². The number of hydrogen-bond donors (Lipinski definition) is 2. The Hall–Kier alpha value is -0.780. The summed E-state index contributed by atoms with van der Waals surface area (Å²) in [5.41, 5.74) is 1.30. The van der Waals surface area contributed by atoms with Crippen molar-refractivity contribution in [3.63, 3.8) is 0 Å². The number of aryl methyl sites for hydroxylation is 1. The SMILES string of the molecule is Cc1ccc(SCCNC(=S)NC[C@@H]2CCCO2)cc1. The molecule has 2 N–H and O–H groups in total. The maximum Gasteiger partial charge on any atom is 0.166 e. The summed E-state index contributed by atoms with van der Waals surface area (Å²) in [6.45, 7) is 4.68. The summed E-state index contributed by atoms with van der Waals surface area (Å²) in [4.78, 5) is 1.30. The van der Waals surface area contributed by atoms with Crippen molar-refractivity contribution in [1.29, 1.82) is 0 Å². The van der Waals surface area contributed by atoms with Gasteiger partial charge in [0.15, 0.2) is 5.11 Å². The summed E-state index contributed by atoms with van der Waals surface area (Å²) < 4.78 is 5.54. The van der Waals surface area contributed by atoms with Crippen LogP contribution in [0.4, 0.5) is 0 Å². The van der Waals surface area contributed by atoms with Gasteiger partial charge in [0.25, 0.3) is 0 Å². The Bertz CT molecular complexity index is 416. The summed E-state index contributed by atoms with van der Waals surface area (Å²) in [6.07, 6.45) is 2.63. The van der Waals surface area contributed by atoms with Crippen molar-refractivity contribution in [2.75, 3.05) is 25.4 Å². The van der Waals surface area contributed by atoms with E-state index in [1.165, 1.54) is 16.9 Å². The molecule has 1 aromatic rings. The Morgan fingerprint density at radius 1 is 1.35 bits per heavy atom. The Morgan fingerprint density at radius 3 is 2.85 bits per heavy atom. The molecule has 1 aromatic carbocycles. The lowest BCUT2D eigenvalue weighted by molar-refractivity contribution is 0.114. The Balaban J connectivity index is 1.53. The van der Waals surface area contributed by atoms with E-state index < -0.39 is 0 Å². The maximum absolute atomic E-state index is 5.54. The van der Waals surface area contributed by atoms with Gasteiger partial charge in [0.2, 0.25) is 0 Å². The third-order valence-corrected chi connectivity index (χ3v) is 4.49. The van der Waals surface area contributed by atoms with Crippen molar-refractivity contribution in [2.45, 2.75) is 30.8 Å². The highest BCUT2D eigenvalue weighted by molar-refractivity contribution is 7.99. The van der Waals surface area contributed by atoms with Gasteiger partial charge in [-0.3, -0.25) is 0 Å². The van der Waals surface area contributed by atoms with Crippen LogP contribution in [0.1, 0.15) is 18.4 Å². The Labute approximate surface area is 130 Å². The minimum absolute atomic E-state index is 0.330. The molecule has 1 aliphatic rings. The van der Waals surface area contributed by atoms with Crippen LogP contribution in [0.3, 0.4) is 0 Å². The summed E-state index contributed by atoms with van der Waals surface area (Å²) in [7, 11) is 0. The number of thioether (sulfide) groups is 1. The van der Waals surface area contributed by atoms with E-state index in [1.54, 1.807) is 0 Å². The second-order valence-corrected chi connectivity index (χ2v) is 6.51. The normalized spacial score (nSPS) is 17.9. The van der Waals surface area contributed by atoms with Crippen molar-refractivity contribution < 1.29 is 4.74 Å². The molecule has 110 valence electrons. The molecular formula is C15H22N2OS2. The molecule has 0 spiro atoms. The number of thiocarbonyl (C=S) groups is 1. The zero-order valence-electron chi connectivity index (χ0n) is 11.9. The van der Waals surface area contributed by atoms with Gasteiger partial charge in [0.1, 0.15) is 0 Å². The van der Waals surface area contributed by atoms with E-state index in [2.05, 4.69) is 41.8 Å². The fraction of sp³-hybridized carbons (Fsp3) is 0.533. The van der Waals surface area contributed by atoms with Crippen LogP contribution in [-0.2, 0) is 4.74 Å². The molecule has 0 radical (unpaired) electrons. The molecule has 0 saturated carbocycles. The Morgan fingerprint density at radius 2 is 2.15 bits per heavy atom. The smallest absolute Gasteiger partial charge is 0.166 e. The van der Waals surface area contributed by atoms with Crippen LogP contribution in [0, 0.1) is 6.92 Å². The first kappa shape index (κ1) is 15.6. The Kier molecular flexibility index (Phi) is 6.63. The highest BCUT2D eigenvalue weighted by Crippen LogP contribution is 2.17. The van der Waals surface area contributed by atoms with Crippen LogP contribution in [0.5, 0.6) is 0 Å². The largest absolute Gasteiger partial charge is 0.376 e. The van der Waals surface area contributed by atoms with E-state index in [4.69, 9.17) is 17.0 Å². The monoisotopic (exact) mass is 310 g/mol. The van der Waals surface area contributed by atoms with Crippen molar-refractivity contribution >= 4 is 29.1 Å². The number of nitrogens with one attached hydrogen (secondary N) is 2. The van der Waals surface area contributed by atoms with Gasteiger partial charge in [-0.1, -0.05) is 17.7 Å². The first-order chi connectivity index (χ1) is 9.74. The third-order valence-electron chi connectivity index (χ3n) is 3.19. The summed E-state index contributed by atoms with van der Waals surface area (Å²) in [5.74, 6) is 1.00. The minimum atomic E-state index is 0.330. The lowest BCUT2D eigenvalue weighted by Crippen LogP contribution is -2.40. The summed E-state index contributed by atoms with van der Waals surface area (Å²) in [5, 5.41) is 7.18. The van der Waals surface area contributed by atoms with E-state index >= 15 is 0 Å². The van der Waals surface area contributed by atoms with Crippen LogP contribution in [0.25, 0.3) is 0 Å². The lowest BCUT2D eigenvalue weighted by atomic mass is 10.2. The quantitative estimate of drug-likeness (QED) is 0.480. The van der Waals surface area contributed by atoms with Crippen molar-refractivity contribution in [2.24, 2.45) is 0 Å². The maximum atomic E-state index is 5.54. The summed E-state index contributed by atoms with van der Waals surface area (Å²) in [6, 6.07) is 8.61. The highest BCUT2D eigenvalue weighted by Gasteiger charge is 2.14. The zero-order valence-corrected chi connectivity index (χ0v) is 13.5. The molecule has 0 bridgehead atoms. The predicted molar refractivity (Wildman–Crippen MR) is 89.5 cm³/mol. The van der Waals surface area contributed by atoms with Gasteiger partial charge < -0.3 is 15.4 Å². The molecule has 0 aromatic heterocycles. The zero-order chi connectivity index (χ0) is 14.2. The molecule has 0 amide bonds.